The van der Waals surface area contributed by atoms with Crippen LogP contribution < -0.4 is 5.32 Å². The van der Waals surface area contributed by atoms with E-state index < -0.39 is 0 Å². The number of nitrogens with one attached hydrogen (secondary N) is 1. The number of hydrogen-bond acceptors (Lipinski definition) is 4. The normalized spacial score (nSPS) is 10.9. The second kappa shape index (κ2) is 8.04. The zero-order valence-electron chi connectivity index (χ0n) is 13.8. The van der Waals surface area contributed by atoms with Gasteiger partial charge in [0.25, 0.3) is 5.91 Å². The van der Waals surface area contributed by atoms with Crippen molar-refractivity contribution in [3.8, 4) is 11.3 Å². The van der Waals surface area contributed by atoms with E-state index in [0.717, 1.165) is 16.2 Å². The Morgan fingerprint density at radius 1 is 1.20 bits per heavy atom. The Labute approximate surface area is 160 Å². The summed E-state index contributed by atoms with van der Waals surface area (Å²) in [6.07, 6.45) is 0. The van der Waals surface area contributed by atoms with Gasteiger partial charge in [0.15, 0.2) is 5.13 Å². The van der Waals surface area contributed by atoms with Crippen molar-refractivity contribution in [3.63, 3.8) is 0 Å². The molecular weight excluding hydrogens is 372 g/mol. The van der Waals surface area contributed by atoms with Crippen molar-refractivity contribution in [3.05, 3.63) is 64.5 Å². The molecule has 0 unspecified atom stereocenters. The van der Waals surface area contributed by atoms with Crippen LogP contribution in [0.1, 0.15) is 24.2 Å². The Kier molecular flexibility index (Phi) is 5.78. The summed E-state index contributed by atoms with van der Waals surface area (Å²) < 4.78 is 0. The van der Waals surface area contributed by atoms with Crippen molar-refractivity contribution in [2.45, 2.75) is 24.0 Å². The average molecular weight is 389 g/mol. The SMILES string of the molecule is CC(C)Sc1cccc(C(=O)Nc2nc(-c3ccc(Cl)cc3)cs2)c1. The van der Waals surface area contributed by atoms with E-state index in [1.807, 2.05) is 53.9 Å². The lowest BCUT2D eigenvalue weighted by Crippen LogP contribution is -2.11. The fourth-order valence-corrected chi connectivity index (χ4v) is 3.97. The van der Waals surface area contributed by atoms with Crippen molar-refractivity contribution in [2.24, 2.45) is 0 Å². The van der Waals surface area contributed by atoms with Gasteiger partial charge in [-0.25, -0.2) is 4.98 Å². The third-order valence-electron chi connectivity index (χ3n) is 3.33. The van der Waals surface area contributed by atoms with Gasteiger partial charge >= 0.3 is 0 Å². The molecule has 0 atom stereocenters. The fourth-order valence-electron chi connectivity index (χ4n) is 2.24. The number of aromatic nitrogens is 1. The van der Waals surface area contributed by atoms with E-state index in [-0.39, 0.29) is 5.91 Å². The average Bonchev–Trinajstić information content (AvgIpc) is 3.03. The summed E-state index contributed by atoms with van der Waals surface area (Å²) in [6.45, 7) is 4.26. The van der Waals surface area contributed by atoms with Crippen molar-refractivity contribution >= 4 is 45.7 Å². The molecule has 3 aromatic rings. The van der Waals surface area contributed by atoms with Crippen LogP contribution in [0.2, 0.25) is 5.02 Å². The standard InChI is InChI=1S/C19H17ClN2OS2/c1-12(2)25-16-5-3-4-14(10-16)18(23)22-19-21-17(11-24-19)13-6-8-15(20)9-7-13/h3-12H,1-2H3,(H,21,22,23). The van der Waals surface area contributed by atoms with Crippen LogP contribution in [0.3, 0.4) is 0 Å². The van der Waals surface area contributed by atoms with Crippen molar-refractivity contribution in [1.82, 2.24) is 4.98 Å². The number of benzene rings is 2. The van der Waals surface area contributed by atoms with E-state index in [4.69, 9.17) is 11.6 Å². The number of carbonyl (C=O) groups is 1. The highest BCUT2D eigenvalue weighted by Crippen LogP contribution is 2.27. The maximum absolute atomic E-state index is 12.5. The number of rotatable bonds is 5. The van der Waals surface area contributed by atoms with Gasteiger partial charge in [0.05, 0.1) is 5.69 Å². The van der Waals surface area contributed by atoms with Gasteiger partial charge in [-0.15, -0.1) is 23.1 Å². The Hall–Kier alpha value is -1.82. The van der Waals surface area contributed by atoms with Crippen molar-refractivity contribution in [2.75, 3.05) is 5.32 Å². The minimum atomic E-state index is -0.150. The number of halogens is 1. The number of hydrogen-bond donors (Lipinski definition) is 1. The predicted octanol–water partition coefficient (Wildman–Crippen LogP) is 6.22. The maximum atomic E-state index is 12.5. The van der Waals surface area contributed by atoms with Gasteiger partial charge in [-0.05, 0) is 30.3 Å². The monoisotopic (exact) mass is 388 g/mol. The van der Waals surface area contributed by atoms with Gasteiger partial charge in [-0.3, -0.25) is 10.1 Å². The first kappa shape index (κ1) is 18.0. The number of thiazole rings is 1. The first-order valence-electron chi connectivity index (χ1n) is 7.81. The predicted molar refractivity (Wildman–Crippen MR) is 108 cm³/mol. The van der Waals surface area contributed by atoms with Gasteiger partial charge in [-0.1, -0.05) is 43.6 Å². The van der Waals surface area contributed by atoms with Crippen LogP contribution in [0.5, 0.6) is 0 Å². The minimum absolute atomic E-state index is 0.150. The minimum Gasteiger partial charge on any atom is -0.298 e. The molecule has 1 heterocycles. The number of nitrogens with zero attached hydrogens (tertiary/aromatic N) is 1. The molecule has 25 heavy (non-hydrogen) atoms. The maximum Gasteiger partial charge on any atom is 0.257 e. The summed E-state index contributed by atoms with van der Waals surface area (Å²) in [4.78, 5) is 18.0. The van der Waals surface area contributed by atoms with Crippen LogP contribution in [0.25, 0.3) is 11.3 Å². The molecule has 0 aliphatic rings. The lowest BCUT2D eigenvalue weighted by molar-refractivity contribution is 0.102. The van der Waals surface area contributed by atoms with Crippen LogP contribution in [0.4, 0.5) is 5.13 Å². The Bertz CT molecular complexity index is 875. The molecule has 0 aliphatic heterocycles. The molecule has 0 fully saturated rings. The molecule has 1 N–H and O–H groups in total. The highest BCUT2D eigenvalue weighted by atomic mass is 35.5. The van der Waals surface area contributed by atoms with E-state index in [1.165, 1.54) is 11.3 Å². The smallest absolute Gasteiger partial charge is 0.257 e. The quantitative estimate of drug-likeness (QED) is 0.528. The molecule has 0 radical (unpaired) electrons. The molecule has 3 rings (SSSR count). The molecule has 0 spiro atoms. The summed E-state index contributed by atoms with van der Waals surface area (Å²) in [5.74, 6) is -0.150. The summed E-state index contributed by atoms with van der Waals surface area (Å²) in [7, 11) is 0. The summed E-state index contributed by atoms with van der Waals surface area (Å²) in [6, 6.07) is 15.1. The fraction of sp³-hybridized carbons (Fsp3) is 0.158. The van der Waals surface area contributed by atoms with E-state index >= 15 is 0 Å². The Morgan fingerprint density at radius 2 is 1.96 bits per heavy atom. The van der Waals surface area contributed by atoms with E-state index in [2.05, 4.69) is 24.1 Å². The molecule has 6 heteroatoms. The lowest BCUT2D eigenvalue weighted by Gasteiger charge is -2.07. The van der Waals surface area contributed by atoms with Crippen LogP contribution in [-0.4, -0.2) is 16.1 Å². The topological polar surface area (TPSA) is 42.0 Å². The number of thioether (sulfide) groups is 1. The molecule has 1 amide bonds. The van der Waals surface area contributed by atoms with Gasteiger partial charge in [0.1, 0.15) is 0 Å². The third kappa shape index (κ3) is 4.84. The molecular formula is C19H17ClN2OS2. The molecule has 3 nitrogen and oxygen atoms in total. The molecule has 0 aliphatic carbocycles. The second-order valence-electron chi connectivity index (χ2n) is 5.69. The van der Waals surface area contributed by atoms with Gasteiger partial charge in [0.2, 0.25) is 0 Å². The largest absolute Gasteiger partial charge is 0.298 e. The number of anilines is 1. The zero-order valence-corrected chi connectivity index (χ0v) is 16.2. The molecule has 0 saturated heterocycles. The number of carbonyl (C=O) groups excluding carboxylic acids is 1. The first-order valence-corrected chi connectivity index (χ1v) is 9.94. The highest BCUT2D eigenvalue weighted by molar-refractivity contribution is 7.99. The molecule has 128 valence electrons. The van der Waals surface area contributed by atoms with Crippen LogP contribution in [0, 0.1) is 0 Å². The van der Waals surface area contributed by atoms with Crippen LogP contribution in [-0.2, 0) is 0 Å². The van der Waals surface area contributed by atoms with Crippen LogP contribution >= 0.6 is 34.7 Å². The zero-order chi connectivity index (χ0) is 17.8. The van der Waals surface area contributed by atoms with Gasteiger partial charge in [-0.2, -0.15) is 0 Å². The first-order chi connectivity index (χ1) is 12.0. The summed E-state index contributed by atoms with van der Waals surface area (Å²) in [5, 5.41) is 6.53. The van der Waals surface area contributed by atoms with Gasteiger partial charge < -0.3 is 0 Å². The number of amides is 1. The molecule has 0 saturated carbocycles. The Balaban J connectivity index is 1.72. The second-order valence-corrected chi connectivity index (χ2v) is 8.64. The Morgan fingerprint density at radius 3 is 2.68 bits per heavy atom. The van der Waals surface area contributed by atoms with Crippen LogP contribution in [0.15, 0.2) is 58.8 Å². The third-order valence-corrected chi connectivity index (χ3v) is 5.34. The molecule has 2 aromatic carbocycles. The highest BCUT2D eigenvalue weighted by Gasteiger charge is 2.11. The van der Waals surface area contributed by atoms with E-state index in [0.29, 0.717) is 21.0 Å². The van der Waals surface area contributed by atoms with Gasteiger partial charge in [0, 0.05) is 31.7 Å². The van der Waals surface area contributed by atoms with E-state index in [9.17, 15) is 4.79 Å². The van der Waals surface area contributed by atoms with Crippen molar-refractivity contribution in [1.29, 1.82) is 0 Å². The van der Waals surface area contributed by atoms with E-state index in [1.54, 1.807) is 11.8 Å². The van der Waals surface area contributed by atoms with Crippen molar-refractivity contribution < 1.29 is 4.79 Å². The molecule has 0 bridgehead atoms. The summed E-state index contributed by atoms with van der Waals surface area (Å²) >= 11 is 9.05. The summed E-state index contributed by atoms with van der Waals surface area (Å²) in [5.41, 5.74) is 2.42. The molecule has 1 aromatic heterocycles. The lowest BCUT2D eigenvalue weighted by atomic mass is 10.2.